The van der Waals surface area contributed by atoms with Gasteiger partial charge in [-0.2, -0.15) is 0 Å². The lowest BCUT2D eigenvalue weighted by Gasteiger charge is -2.28. The summed E-state index contributed by atoms with van der Waals surface area (Å²) in [5.74, 6) is -0.191. The van der Waals surface area contributed by atoms with Gasteiger partial charge in [0, 0.05) is 18.9 Å². The van der Waals surface area contributed by atoms with Crippen LogP contribution < -0.4 is 10.2 Å². The number of carbonyl (C=O) groups excluding carboxylic acids is 2. The Balaban J connectivity index is 2.43. The Morgan fingerprint density at radius 1 is 1.17 bits per heavy atom. The first-order chi connectivity index (χ1) is 8.65. The number of nitrogens with one attached hydrogen (secondary N) is 1. The molecule has 4 heteroatoms. The van der Waals surface area contributed by atoms with E-state index < -0.39 is 0 Å². The van der Waals surface area contributed by atoms with Crippen molar-refractivity contribution in [2.45, 2.75) is 32.2 Å². The van der Waals surface area contributed by atoms with Crippen molar-refractivity contribution in [3.8, 4) is 0 Å². The Labute approximate surface area is 107 Å². The normalized spacial score (nSPS) is 18.0. The second-order valence-corrected chi connectivity index (χ2v) is 4.55. The Morgan fingerprint density at radius 2 is 1.78 bits per heavy atom. The highest BCUT2D eigenvalue weighted by atomic mass is 16.2. The lowest BCUT2D eigenvalue weighted by molar-refractivity contribution is -0.129. The van der Waals surface area contributed by atoms with E-state index in [0.29, 0.717) is 24.9 Å². The van der Waals surface area contributed by atoms with Gasteiger partial charge in [0.2, 0.25) is 11.8 Å². The number of amides is 2. The van der Waals surface area contributed by atoms with E-state index in [9.17, 15) is 9.59 Å². The summed E-state index contributed by atoms with van der Waals surface area (Å²) in [6, 6.07) is 7.67. The zero-order chi connectivity index (χ0) is 13.1. The summed E-state index contributed by atoms with van der Waals surface area (Å²) in [6.07, 6.45) is 1.57. The number of benzene rings is 1. The van der Waals surface area contributed by atoms with Crippen LogP contribution in [0.5, 0.6) is 0 Å². The lowest BCUT2D eigenvalue weighted by Crippen LogP contribution is -2.41. The Morgan fingerprint density at radius 3 is 2.39 bits per heavy atom. The standard InChI is InChI=1S/C14H18N2O2/c1-10(15-2)11-6-3-4-7-12(11)16-13(17)8-5-9-14(16)18/h3-4,6-7,10,15H,5,8-9H2,1-2H3. The van der Waals surface area contributed by atoms with Crippen LogP contribution in [0.3, 0.4) is 0 Å². The molecule has 1 saturated heterocycles. The van der Waals surface area contributed by atoms with Gasteiger partial charge in [-0.15, -0.1) is 0 Å². The molecule has 1 aromatic rings. The molecule has 2 amide bonds. The molecular formula is C14H18N2O2. The minimum absolute atomic E-state index is 0.0954. The molecule has 1 aliphatic rings. The number of nitrogens with zero attached hydrogens (tertiary/aromatic N) is 1. The van der Waals surface area contributed by atoms with Gasteiger partial charge in [-0.05, 0) is 32.0 Å². The highest BCUT2D eigenvalue weighted by Gasteiger charge is 2.29. The molecule has 1 heterocycles. The number of imide groups is 1. The molecule has 96 valence electrons. The number of hydrogen-bond donors (Lipinski definition) is 1. The van der Waals surface area contributed by atoms with E-state index in [4.69, 9.17) is 0 Å². The van der Waals surface area contributed by atoms with Crippen molar-refractivity contribution >= 4 is 17.5 Å². The van der Waals surface area contributed by atoms with Gasteiger partial charge in [-0.25, -0.2) is 0 Å². The van der Waals surface area contributed by atoms with Crippen LogP contribution >= 0.6 is 0 Å². The number of anilines is 1. The summed E-state index contributed by atoms with van der Waals surface area (Å²) in [6.45, 7) is 2.01. The maximum absolute atomic E-state index is 12.0. The van der Waals surface area contributed by atoms with Crippen molar-refractivity contribution in [1.82, 2.24) is 5.32 Å². The number of carbonyl (C=O) groups is 2. The second kappa shape index (κ2) is 5.31. The molecule has 1 aliphatic heterocycles. The molecule has 1 N–H and O–H groups in total. The van der Waals surface area contributed by atoms with Crippen molar-refractivity contribution in [1.29, 1.82) is 0 Å². The van der Waals surface area contributed by atoms with Crippen molar-refractivity contribution in [3.63, 3.8) is 0 Å². The molecule has 0 saturated carbocycles. The minimum Gasteiger partial charge on any atom is -0.313 e. The fourth-order valence-corrected chi connectivity index (χ4v) is 2.24. The summed E-state index contributed by atoms with van der Waals surface area (Å²) >= 11 is 0. The summed E-state index contributed by atoms with van der Waals surface area (Å²) in [4.78, 5) is 25.2. The summed E-state index contributed by atoms with van der Waals surface area (Å²) in [5.41, 5.74) is 1.69. The molecule has 0 aliphatic carbocycles. The van der Waals surface area contributed by atoms with Crippen LogP contribution in [0.15, 0.2) is 24.3 Å². The van der Waals surface area contributed by atoms with Gasteiger partial charge in [0.1, 0.15) is 0 Å². The second-order valence-electron chi connectivity index (χ2n) is 4.55. The van der Waals surface area contributed by atoms with Crippen LogP contribution in [0.2, 0.25) is 0 Å². The van der Waals surface area contributed by atoms with Gasteiger partial charge in [0.25, 0.3) is 0 Å². The van der Waals surface area contributed by atoms with Crippen LogP contribution in [0, 0.1) is 0 Å². The molecule has 0 aromatic heterocycles. The maximum Gasteiger partial charge on any atom is 0.233 e. The predicted octanol–water partition coefficient (Wildman–Crippen LogP) is 2.01. The van der Waals surface area contributed by atoms with Crippen molar-refractivity contribution in [2.75, 3.05) is 11.9 Å². The third-order valence-corrected chi connectivity index (χ3v) is 3.36. The molecule has 0 radical (unpaired) electrons. The lowest BCUT2D eigenvalue weighted by atomic mass is 10.0. The van der Waals surface area contributed by atoms with Crippen LogP contribution in [0.1, 0.15) is 37.8 Å². The van der Waals surface area contributed by atoms with Crippen LogP contribution in [0.25, 0.3) is 0 Å². The van der Waals surface area contributed by atoms with E-state index in [1.165, 1.54) is 4.90 Å². The predicted molar refractivity (Wildman–Crippen MR) is 70.3 cm³/mol. The highest BCUT2D eigenvalue weighted by molar-refractivity contribution is 6.16. The quantitative estimate of drug-likeness (QED) is 0.830. The summed E-state index contributed by atoms with van der Waals surface area (Å²) in [5, 5.41) is 3.14. The van der Waals surface area contributed by atoms with Gasteiger partial charge in [-0.1, -0.05) is 18.2 Å². The minimum atomic E-state index is -0.0954. The number of para-hydroxylation sites is 1. The summed E-state index contributed by atoms with van der Waals surface area (Å²) < 4.78 is 0. The van der Waals surface area contributed by atoms with E-state index >= 15 is 0 Å². The largest absolute Gasteiger partial charge is 0.313 e. The molecule has 1 atom stereocenters. The van der Waals surface area contributed by atoms with E-state index in [1.54, 1.807) is 0 Å². The average molecular weight is 246 g/mol. The van der Waals surface area contributed by atoms with Gasteiger partial charge >= 0.3 is 0 Å². The Bertz CT molecular complexity index is 455. The van der Waals surface area contributed by atoms with Gasteiger partial charge in [0.05, 0.1) is 5.69 Å². The topological polar surface area (TPSA) is 49.4 Å². The molecule has 1 aromatic carbocycles. The fraction of sp³-hybridized carbons (Fsp3) is 0.429. The fourth-order valence-electron chi connectivity index (χ4n) is 2.24. The van der Waals surface area contributed by atoms with Gasteiger partial charge in [0.15, 0.2) is 0 Å². The maximum atomic E-state index is 12.0. The Hall–Kier alpha value is -1.68. The first-order valence-electron chi connectivity index (χ1n) is 6.27. The third kappa shape index (κ3) is 2.29. The van der Waals surface area contributed by atoms with Crippen LogP contribution in [-0.4, -0.2) is 18.9 Å². The molecule has 0 spiro atoms. The molecule has 4 nitrogen and oxygen atoms in total. The number of hydrogen-bond acceptors (Lipinski definition) is 3. The third-order valence-electron chi connectivity index (χ3n) is 3.36. The van der Waals surface area contributed by atoms with E-state index in [1.807, 2.05) is 38.2 Å². The van der Waals surface area contributed by atoms with Gasteiger partial charge in [-0.3, -0.25) is 14.5 Å². The molecule has 2 rings (SSSR count). The zero-order valence-electron chi connectivity index (χ0n) is 10.8. The SMILES string of the molecule is CNC(C)c1ccccc1N1C(=O)CCCC1=O. The van der Waals surface area contributed by atoms with Crippen LogP contribution in [-0.2, 0) is 9.59 Å². The van der Waals surface area contributed by atoms with Crippen molar-refractivity contribution in [2.24, 2.45) is 0 Å². The molecule has 0 bridgehead atoms. The average Bonchev–Trinajstić information content (AvgIpc) is 2.38. The van der Waals surface area contributed by atoms with Crippen molar-refractivity contribution < 1.29 is 9.59 Å². The smallest absolute Gasteiger partial charge is 0.233 e. The number of rotatable bonds is 3. The first kappa shape index (κ1) is 12.8. The zero-order valence-corrected chi connectivity index (χ0v) is 10.8. The van der Waals surface area contributed by atoms with E-state index in [2.05, 4.69) is 5.32 Å². The first-order valence-corrected chi connectivity index (χ1v) is 6.27. The Kier molecular flexibility index (Phi) is 3.77. The van der Waals surface area contributed by atoms with Crippen molar-refractivity contribution in [3.05, 3.63) is 29.8 Å². The molecule has 1 unspecified atom stereocenters. The van der Waals surface area contributed by atoms with Gasteiger partial charge < -0.3 is 5.32 Å². The highest BCUT2D eigenvalue weighted by Crippen LogP contribution is 2.29. The monoisotopic (exact) mass is 246 g/mol. The molecule has 18 heavy (non-hydrogen) atoms. The number of piperidine rings is 1. The van der Waals surface area contributed by atoms with E-state index in [0.717, 1.165) is 5.56 Å². The summed E-state index contributed by atoms with van der Waals surface area (Å²) in [7, 11) is 1.86. The molecule has 1 fully saturated rings. The van der Waals surface area contributed by atoms with Crippen LogP contribution in [0.4, 0.5) is 5.69 Å². The molecular weight excluding hydrogens is 228 g/mol. The van der Waals surface area contributed by atoms with E-state index in [-0.39, 0.29) is 17.9 Å².